The zero-order valence-corrected chi connectivity index (χ0v) is 9.61. The Hall–Kier alpha value is -1.42. The molecule has 2 amide bonds. The van der Waals surface area contributed by atoms with Crippen LogP contribution >= 0.6 is 15.9 Å². The third kappa shape index (κ3) is 1.72. The Morgan fingerprint density at radius 2 is 1.73 bits per heavy atom. The molecule has 0 aliphatic carbocycles. The van der Waals surface area contributed by atoms with Gasteiger partial charge in [0.2, 0.25) is 0 Å². The van der Waals surface area contributed by atoms with Gasteiger partial charge in [-0.15, -0.1) is 0 Å². The third-order valence-electron chi connectivity index (χ3n) is 2.21. The Morgan fingerprint density at radius 1 is 1.13 bits per heavy atom. The lowest BCUT2D eigenvalue weighted by Gasteiger charge is -2.14. The summed E-state index contributed by atoms with van der Waals surface area (Å²) in [5.41, 5.74) is 1.59. The zero-order valence-electron chi connectivity index (χ0n) is 8.03. The summed E-state index contributed by atoms with van der Waals surface area (Å²) in [6, 6.07) is 5.36. The fourth-order valence-electron chi connectivity index (χ4n) is 1.42. The van der Waals surface area contributed by atoms with Gasteiger partial charge in [0.05, 0.1) is 5.69 Å². The van der Waals surface area contributed by atoms with Gasteiger partial charge in [0, 0.05) is 16.6 Å². The van der Waals surface area contributed by atoms with Gasteiger partial charge < -0.3 is 0 Å². The molecule has 1 aliphatic heterocycles. The molecular weight excluding hydrogens is 258 g/mol. The quantitative estimate of drug-likeness (QED) is 0.730. The number of amides is 2. The monoisotopic (exact) mass is 265 g/mol. The summed E-state index contributed by atoms with van der Waals surface area (Å²) in [7, 11) is 0. The number of hydrogen-bond acceptors (Lipinski definition) is 2. The van der Waals surface area contributed by atoms with E-state index in [0.717, 1.165) is 14.9 Å². The highest BCUT2D eigenvalue weighted by Crippen LogP contribution is 2.24. The van der Waals surface area contributed by atoms with Gasteiger partial charge in [0.25, 0.3) is 11.8 Å². The number of nitrogens with zero attached hydrogens (tertiary/aromatic N) is 1. The second kappa shape index (κ2) is 3.62. The molecular formula is C11H8BrNO2. The molecule has 0 N–H and O–H groups in total. The lowest BCUT2D eigenvalue weighted by atomic mass is 10.2. The topological polar surface area (TPSA) is 37.4 Å². The summed E-state index contributed by atoms with van der Waals surface area (Å²) in [6.07, 6.45) is 2.55. The van der Waals surface area contributed by atoms with Gasteiger partial charge in [0.1, 0.15) is 0 Å². The number of rotatable bonds is 1. The standard InChI is InChI=1S/C11H8BrNO2/c1-7-6-8(2-3-9(7)12)13-10(14)4-5-11(13)15/h2-6H,1H3. The van der Waals surface area contributed by atoms with Crippen LogP contribution in [0.15, 0.2) is 34.8 Å². The van der Waals surface area contributed by atoms with Crippen LogP contribution in [0.25, 0.3) is 0 Å². The van der Waals surface area contributed by atoms with Crippen LogP contribution in [0.1, 0.15) is 5.56 Å². The maximum Gasteiger partial charge on any atom is 0.258 e. The zero-order chi connectivity index (χ0) is 11.0. The van der Waals surface area contributed by atoms with Crippen LogP contribution < -0.4 is 4.90 Å². The van der Waals surface area contributed by atoms with E-state index < -0.39 is 0 Å². The van der Waals surface area contributed by atoms with Crippen LogP contribution in [0.5, 0.6) is 0 Å². The summed E-state index contributed by atoms with van der Waals surface area (Å²) < 4.78 is 0.957. The molecule has 1 heterocycles. The van der Waals surface area contributed by atoms with Crippen LogP contribution in [0.2, 0.25) is 0 Å². The molecule has 0 spiro atoms. The molecule has 15 heavy (non-hydrogen) atoms. The van der Waals surface area contributed by atoms with Crippen molar-refractivity contribution in [2.24, 2.45) is 0 Å². The lowest BCUT2D eigenvalue weighted by molar-refractivity contribution is -0.119. The van der Waals surface area contributed by atoms with E-state index in [-0.39, 0.29) is 11.8 Å². The van der Waals surface area contributed by atoms with Crippen LogP contribution in [-0.2, 0) is 9.59 Å². The van der Waals surface area contributed by atoms with Gasteiger partial charge in [0.15, 0.2) is 0 Å². The first kappa shape index (κ1) is 10.1. The predicted molar refractivity (Wildman–Crippen MR) is 60.5 cm³/mol. The Bertz CT molecular complexity index is 461. The molecule has 0 bridgehead atoms. The van der Waals surface area contributed by atoms with E-state index in [1.54, 1.807) is 12.1 Å². The minimum absolute atomic E-state index is 0.290. The molecule has 0 fully saturated rings. The smallest absolute Gasteiger partial charge is 0.258 e. The largest absolute Gasteiger partial charge is 0.269 e. The van der Waals surface area contributed by atoms with Crippen molar-refractivity contribution < 1.29 is 9.59 Å². The minimum atomic E-state index is -0.290. The van der Waals surface area contributed by atoms with Crippen LogP contribution in [0, 0.1) is 6.92 Å². The van der Waals surface area contributed by atoms with Crippen molar-refractivity contribution in [3.63, 3.8) is 0 Å². The second-order valence-corrected chi connectivity index (χ2v) is 4.13. The van der Waals surface area contributed by atoms with E-state index >= 15 is 0 Å². The van der Waals surface area contributed by atoms with E-state index in [0.29, 0.717) is 5.69 Å². The van der Waals surface area contributed by atoms with Crippen molar-refractivity contribution in [1.82, 2.24) is 0 Å². The molecule has 1 aromatic rings. The number of imide groups is 1. The number of carbonyl (C=O) groups is 2. The van der Waals surface area contributed by atoms with E-state index in [2.05, 4.69) is 15.9 Å². The minimum Gasteiger partial charge on any atom is -0.269 e. The number of aryl methyl sites for hydroxylation is 1. The van der Waals surface area contributed by atoms with Gasteiger partial charge in [-0.25, -0.2) is 4.90 Å². The second-order valence-electron chi connectivity index (χ2n) is 3.28. The molecule has 0 atom stereocenters. The summed E-state index contributed by atoms with van der Waals surface area (Å²) in [6.45, 7) is 1.91. The number of halogens is 1. The van der Waals surface area contributed by atoms with Crippen molar-refractivity contribution in [1.29, 1.82) is 0 Å². The van der Waals surface area contributed by atoms with Crippen molar-refractivity contribution in [3.8, 4) is 0 Å². The average molecular weight is 266 g/mol. The number of carbonyl (C=O) groups excluding carboxylic acids is 2. The molecule has 0 saturated heterocycles. The maximum absolute atomic E-state index is 11.4. The summed E-state index contributed by atoms with van der Waals surface area (Å²) in [4.78, 5) is 23.9. The van der Waals surface area contributed by atoms with Crippen molar-refractivity contribution in [2.75, 3.05) is 4.90 Å². The fourth-order valence-corrected chi connectivity index (χ4v) is 1.67. The van der Waals surface area contributed by atoms with E-state index in [1.165, 1.54) is 12.2 Å². The molecule has 0 radical (unpaired) electrons. The number of benzene rings is 1. The fraction of sp³-hybridized carbons (Fsp3) is 0.0909. The highest BCUT2D eigenvalue weighted by molar-refractivity contribution is 9.10. The molecule has 4 heteroatoms. The Kier molecular flexibility index (Phi) is 2.44. The Balaban J connectivity index is 2.42. The average Bonchev–Trinajstić information content (AvgIpc) is 2.52. The maximum atomic E-state index is 11.4. The van der Waals surface area contributed by atoms with Gasteiger partial charge >= 0.3 is 0 Å². The van der Waals surface area contributed by atoms with Crippen molar-refractivity contribution in [2.45, 2.75) is 6.92 Å². The highest BCUT2D eigenvalue weighted by Gasteiger charge is 2.25. The van der Waals surface area contributed by atoms with E-state index in [9.17, 15) is 9.59 Å². The van der Waals surface area contributed by atoms with Crippen molar-refractivity contribution >= 4 is 33.4 Å². The molecule has 76 valence electrons. The Labute approximate surface area is 95.5 Å². The van der Waals surface area contributed by atoms with Crippen molar-refractivity contribution in [3.05, 3.63) is 40.4 Å². The SMILES string of the molecule is Cc1cc(N2C(=O)C=CC2=O)ccc1Br. The predicted octanol–water partition coefficient (Wildman–Crippen LogP) is 2.19. The van der Waals surface area contributed by atoms with E-state index in [4.69, 9.17) is 0 Å². The normalized spacial score (nSPS) is 15.2. The van der Waals surface area contributed by atoms with Crippen LogP contribution in [0.4, 0.5) is 5.69 Å². The van der Waals surface area contributed by atoms with Crippen LogP contribution in [0.3, 0.4) is 0 Å². The number of hydrogen-bond donors (Lipinski definition) is 0. The first-order chi connectivity index (χ1) is 7.09. The molecule has 0 aromatic heterocycles. The highest BCUT2D eigenvalue weighted by atomic mass is 79.9. The molecule has 1 aromatic carbocycles. The van der Waals surface area contributed by atoms with Gasteiger partial charge in [-0.1, -0.05) is 15.9 Å². The van der Waals surface area contributed by atoms with E-state index in [1.807, 2.05) is 13.0 Å². The van der Waals surface area contributed by atoms with Gasteiger partial charge in [-0.2, -0.15) is 0 Å². The van der Waals surface area contributed by atoms with Crippen LogP contribution in [-0.4, -0.2) is 11.8 Å². The first-order valence-corrected chi connectivity index (χ1v) is 5.21. The number of anilines is 1. The molecule has 2 rings (SSSR count). The molecule has 0 saturated carbocycles. The summed E-state index contributed by atoms with van der Waals surface area (Å²) in [5.74, 6) is -0.580. The summed E-state index contributed by atoms with van der Waals surface area (Å²) in [5, 5.41) is 0. The molecule has 1 aliphatic rings. The first-order valence-electron chi connectivity index (χ1n) is 4.42. The third-order valence-corrected chi connectivity index (χ3v) is 3.10. The molecule has 3 nitrogen and oxygen atoms in total. The van der Waals surface area contributed by atoms with Gasteiger partial charge in [-0.05, 0) is 30.7 Å². The molecule has 0 unspecified atom stereocenters. The van der Waals surface area contributed by atoms with Gasteiger partial charge in [-0.3, -0.25) is 9.59 Å². The summed E-state index contributed by atoms with van der Waals surface area (Å²) >= 11 is 3.36. The lowest BCUT2D eigenvalue weighted by Crippen LogP contribution is -2.29. The Morgan fingerprint density at radius 3 is 2.27 bits per heavy atom.